The van der Waals surface area contributed by atoms with Crippen molar-refractivity contribution in [3.05, 3.63) is 34.9 Å². The Bertz CT molecular complexity index is 352. The molecule has 0 fully saturated rings. The summed E-state index contributed by atoms with van der Waals surface area (Å²) in [7, 11) is 0. The highest BCUT2D eigenvalue weighted by Crippen LogP contribution is 2.19. The van der Waals surface area contributed by atoms with Gasteiger partial charge in [0.25, 0.3) is 0 Å². The number of aliphatic hydroxyl groups excluding tert-OH is 2. The molecule has 0 heterocycles. The summed E-state index contributed by atoms with van der Waals surface area (Å²) in [6.07, 6.45) is -0.484. The number of likely N-dealkylation sites (N-methyl/N-ethyl adjacent to an activating group) is 1. The van der Waals surface area contributed by atoms with E-state index < -0.39 is 6.10 Å². The topological polar surface area (TPSA) is 43.7 Å². The van der Waals surface area contributed by atoms with Gasteiger partial charge in [-0.05, 0) is 31.5 Å². The molecule has 0 aliphatic heterocycles. The second-order valence-electron chi connectivity index (χ2n) is 4.49. The fourth-order valence-corrected chi connectivity index (χ4v) is 2.06. The maximum Gasteiger partial charge on any atom is 0.0919 e. The molecule has 0 bridgehead atoms. The van der Waals surface area contributed by atoms with E-state index in [0.29, 0.717) is 13.1 Å². The number of rotatable bonds is 6. The van der Waals surface area contributed by atoms with Gasteiger partial charge in [-0.1, -0.05) is 30.7 Å². The van der Waals surface area contributed by atoms with Crippen LogP contribution in [0.5, 0.6) is 0 Å². The number of aliphatic hydroxyl groups is 2. The van der Waals surface area contributed by atoms with E-state index in [0.717, 1.165) is 17.7 Å². The van der Waals surface area contributed by atoms with E-state index in [9.17, 15) is 5.11 Å². The van der Waals surface area contributed by atoms with E-state index in [1.54, 1.807) is 0 Å². The Morgan fingerprint density at radius 3 is 2.53 bits per heavy atom. The number of nitrogens with zero attached hydrogens (tertiary/aromatic N) is 1. The molecule has 3 nitrogen and oxygen atoms in total. The van der Waals surface area contributed by atoms with Crippen LogP contribution in [0.4, 0.5) is 0 Å². The first-order valence-corrected chi connectivity index (χ1v) is 6.17. The summed E-state index contributed by atoms with van der Waals surface area (Å²) < 4.78 is 0. The van der Waals surface area contributed by atoms with Crippen molar-refractivity contribution in [1.29, 1.82) is 0 Å². The third-order valence-electron chi connectivity index (χ3n) is 3.08. The average Bonchev–Trinajstić information content (AvgIpc) is 2.28. The van der Waals surface area contributed by atoms with Crippen LogP contribution in [0.1, 0.15) is 29.7 Å². The first kappa shape index (κ1) is 14.2. The average molecular weight is 237 g/mol. The van der Waals surface area contributed by atoms with Crippen molar-refractivity contribution in [2.75, 3.05) is 26.2 Å². The zero-order chi connectivity index (χ0) is 12.8. The van der Waals surface area contributed by atoms with Crippen molar-refractivity contribution in [2.45, 2.75) is 26.9 Å². The molecular formula is C14H23NO2. The molecule has 1 rings (SSSR count). The van der Waals surface area contributed by atoms with Crippen molar-refractivity contribution in [3.8, 4) is 0 Å². The molecule has 1 aromatic carbocycles. The maximum atomic E-state index is 10.2. The van der Waals surface area contributed by atoms with Gasteiger partial charge in [0.2, 0.25) is 0 Å². The monoisotopic (exact) mass is 237 g/mol. The lowest BCUT2D eigenvalue weighted by molar-refractivity contribution is 0.103. The molecule has 0 aliphatic carbocycles. The minimum absolute atomic E-state index is 0.132. The van der Waals surface area contributed by atoms with E-state index in [1.807, 2.05) is 37.8 Å². The van der Waals surface area contributed by atoms with Crippen molar-refractivity contribution in [1.82, 2.24) is 4.90 Å². The van der Waals surface area contributed by atoms with Gasteiger partial charge in [-0.25, -0.2) is 0 Å². The van der Waals surface area contributed by atoms with Crippen LogP contribution in [0, 0.1) is 13.8 Å². The molecule has 1 unspecified atom stereocenters. The van der Waals surface area contributed by atoms with E-state index in [4.69, 9.17) is 5.11 Å². The lowest BCUT2D eigenvalue weighted by atomic mass is 10.0. The van der Waals surface area contributed by atoms with Gasteiger partial charge < -0.3 is 10.2 Å². The van der Waals surface area contributed by atoms with Gasteiger partial charge >= 0.3 is 0 Å². The van der Waals surface area contributed by atoms with E-state index in [-0.39, 0.29) is 6.61 Å². The third-order valence-corrected chi connectivity index (χ3v) is 3.08. The van der Waals surface area contributed by atoms with Crippen molar-refractivity contribution >= 4 is 0 Å². The number of hydrogen-bond acceptors (Lipinski definition) is 3. The Morgan fingerprint density at radius 2 is 2.00 bits per heavy atom. The van der Waals surface area contributed by atoms with Crippen LogP contribution < -0.4 is 0 Å². The highest BCUT2D eigenvalue weighted by molar-refractivity contribution is 5.32. The van der Waals surface area contributed by atoms with E-state index in [1.165, 1.54) is 5.56 Å². The zero-order valence-electron chi connectivity index (χ0n) is 11.0. The van der Waals surface area contributed by atoms with E-state index in [2.05, 4.69) is 6.07 Å². The Morgan fingerprint density at radius 1 is 1.29 bits per heavy atom. The molecule has 0 spiro atoms. The molecule has 3 heteroatoms. The summed E-state index contributed by atoms with van der Waals surface area (Å²) >= 11 is 0. The van der Waals surface area contributed by atoms with Crippen molar-refractivity contribution < 1.29 is 10.2 Å². The molecule has 2 N–H and O–H groups in total. The molecule has 1 atom stereocenters. The minimum atomic E-state index is -0.484. The molecule has 17 heavy (non-hydrogen) atoms. The summed E-state index contributed by atoms with van der Waals surface area (Å²) in [6.45, 7) is 8.25. The standard InChI is InChI=1S/C14H23NO2/c1-4-15(7-8-16)10-14(17)13-6-5-11(2)9-12(13)3/h5-6,9,14,16-17H,4,7-8,10H2,1-3H3. The van der Waals surface area contributed by atoms with E-state index >= 15 is 0 Å². The Kier molecular flexibility index (Phi) is 5.62. The molecule has 0 radical (unpaired) electrons. The van der Waals surface area contributed by atoms with Crippen LogP contribution in [0.2, 0.25) is 0 Å². The van der Waals surface area contributed by atoms with Gasteiger partial charge in [-0.15, -0.1) is 0 Å². The largest absolute Gasteiger partial charge is 0.395 e. The van der Waals surface area contributed by atoms with Crippen molar-refractivity contribution in [3.63, 3.8) is 0 Å². The van der Waals surface area contributed by atoms with Crippen LogP contribution >= 0.6 is 0 Å². The van der Waals surface area contributed by atoms with Gasteiger partial charge in [0.05, 0.1) is 12.7 Å². The highest BCUT2D eigenvalue weighted by atomic mass is 16.3. The number of benzene rings is 1. The van der Waals surface area contributed by atoms with Crippen LogP contribution in [-0.2, 0) is 0 Å². The third kappa shape index (κ3) is 4.11. The number of aryl methyl sites for hydroxylation is 2. The predicted molar refractivity (Wildman–Crippen MR) is 70.1 cm³/mol. The molecular weight excluding hydrogens is 214 g/mol. The molecule has 0 aliphatic rings. The molecule has 0 aromatic heterocycles. The van der Waals surface area contributed by atoms with Crippen LogP contribution in [0.15, 0.2) is 18.2 Å². The lowest BCUT2D eigenvalue weighted by Gasteiger charge is -2.23. The summed E-state index contributed by atoms with van der Waals surface area (Å²) in [5, 5.41) is 19.1. The Hall–Kier alpha value is -0.900. The Balaban J connectivity index is 2.71. The van der Waals surface area contributed by atoms with Gasteiger partial charge in [0.1, 0.15) is 0 Å². The fourth-order valence-electron chi connectivity index (χ4n) is 2.06. The first-order chi connectivity index (χ1) is 8.08. The SMILES string of the molecule is CCN(CCO)CC(O)c1ccc(C)cc1C. The number of hydrogen-bond donors (Lipinski definition) is 2. The minimum Gasteiger partial charge on any atom is -0.395 e. The summed E-state index contributed by atoms with van der Waals surface area (Å²) in [5.41, 5.74) is 3.31. The summed E-state index contributed by atoms with van der Waals surface area (Å²) in [5.74, 6) is 0. The van der Waals surface area contributed by atoms with Crippen molar-refractivity contribution in [2.24, 2.45) is 0 Å². The van der Waals surface area contributed by atoms with Gasteiger partial charge in [-0.3, -0.25) is 4.90 Å². The smallest absolute Gasteiger partial charge is 0.0919 e. The van der Waals surface area contributed by atoms with Crippen LogP contribution in [0.25, 0.3) is 0 Å². The molecule has 0 saturated heterocycles. The zero-order valence-corrected chi connectivity index (χ0v) is 11.0. The second-order valence-corrected chi connectivity index (χ2v) is 4.49. The second kappa shape index (κ2) is 6.74. The van der Waals surface area contributed by atoms with Crippen LogP contribution in [0.3, 0.4) is 0 Å². The molecule has 1 aromatic rings. The van der Waals surface area contributed by atoms with Gasteiger partial charge in [0, 0.05) is 13.1 Å². The van der Waals surface area contributed by atoms with Gasteiger partial charge in [-0.2, -0.15) is 0 Å². The summed E-state index contributed by atoms with van der Waals surface area (Å²) in [6, 6.07) is 6.09. The quantitative estimate of drug-likeness (QED) is 0.790. The maximum absolute atomic E-state index is 10.2. The first-order valence-electron chi connectivity index (χ1n) is 6.17. The Labute approximate surface area is 104 Å². The highest BCUT2D eigenvalue weighted by Gasteiger charge is 2.13. The lowest BCUT2D eigenvalue weighted by Crippen LogP contribution is -2.31. The van der Waals surface area contributed by atoms with Gasteiger partial charge in [0.15, 0.2) is 0 Å². The predicted octanol–water partition coefficient (Wildman–Crippen LogP) is 1.65. The normalized spacial score (nSPS) is 13.1. The fraction of sp³-hybridized carbons (Fsp3) is 0.571. The van der Waals surface area contributed by atoms with Crippen LogP contribution in [-0.4, -0.2) is 41.4 Å². The molecule has 0 amide bonds. The summed E-state index contributed by atoms with van der Waals surface area (Å²) in [4.78, 5) is 2.05. The molecule has 0 saturated carbocycles. The molecule has 96 valence electrons.